The van der Waals surface area contributed by atoms with E-state index < -0.39 is 5.97 Å². The normalized spacial score (nSPS) is 14.5. The summed E-state index contributed by atoms with van der Waals surface area (Å²) in [4.78, 5) is 23.0. The quantitative estimate of drug-likeness (QED) is 0.387. The van der Waals surface area contributed by atoms with Gasteiger partial charge in [0.1, 0.15) is 5.76 Å². The van der Waals surface area contributed by atoms with Crippen molar-refractivity contribution >= 4 is 11.9 Å². The van der Waals surface area contributed by atoms with E-state index in [0.29, 0.717) is 18.7 Å². The summed E-state index contributed by atoms with van der Waals surface area (Å²) in [7, 11) is 1.32. The Morgan fingerprint density at radius 3 is 2.95 bits per heavy atom. The molecule has 0 atom stereocenters. The first-order chi connectivity index (χ1) is 10.2. The molecule has 1 aliphatic rings. The first-order valence-corrected chi connectivity index (χ1v) is 7.22. The molecule has 0 unspecified atom stereocenters. The van der Waals surface area contributed by atoms with Crippen LogP contribution < -0.4 is 5.32 Å². The third-order valence-electron chi connectivity index (χ3n) is 3.47. The van der Waals surface area contributed by atoms with Gasteiger partial charge in [-0.3, -0.25) is 4.79 Å². The van der Waals surface area contributed by atoms with Gasteiger partial charge in [0.05, 0.1) is 7.11 Å². The second kappa shape index (κ2) is 7.61. The summed E-state index contributed by atoms with van der Waals surface area (Å²) in [5.74, 6) is 0.236. The number of carbonyl (C=O) groups excluding carboxylic acids is 2. The van der Waals surface area contributed by atoms with Gasteiger partial charge in [0, 0.05) is 24.6 Å². The second-order valence-corrected chi connectivity index (χ2v) is 4.96. The Bertz CT molecular complexity index is 534. The van der Waals surface area contributed by atoms with Gasteiger partial charge in [0.25, 0.3) is 5.91 Å². The van der Waals surface area contributed by atoms with Gasteiger partial charge < -0.3 is 14.6 Å². The Morgan fingerprint density at radius 1 is 1.33 bits per heavy atom. The zero-order valence-corrected chi connectivity index (χ0v) is 12.2. The van der Waals surface area contributed by atoms with E-state index in [0.717, 1.165) is 43.4 Å². The van der Waals surface area contributed by atoms with E-state index in [1.807, 2.05) is 0 Å². The molecule has 1 aliphatic carbocycles. The number of nitrogens with one attached hydrogen (secondary N) is 1. The van der Waals surface area contributed by atoms with Crippen molar-refractivity contribution in [1.82, 2.24) is 10.5 Å². The van der Waals surface area contributed by atoms with E-state index >= 15 is 0 Å². The van der Waals surface area contributed by atoms with Crippen LogP contribution in [0.1, 0.15) is 47.5 Å². The predicted octanol–water partition coefficient (Wildman–Crippen LogP) is 1.79. The summed E-state index contributed by atoms with van der Waals surface area (Å²) in [6.07, 6.45) is 8.58. The molecule has 1 amide bonds. The number of esters is 1. The zero-order valence-electron chi connectivity index (χ0n) is 12.2. The summed E-state index contributed by atoms with van der Waals surface area (Å²) in [6, 6.07) is 0. The van der Waals surface area contributed by atoms with E-state index in [-0.39, 0.29) is 5.91 Å². The van der Waals surface area contributed by atoms with Crippen LogP contribution in [0.5, 0.6) is 0 Å². The molecule has 0 spiro atoms. The number of carbonyl (C=O) groups is 2. The lowest BCUT2D eigenvalue weighted by molar-refractivity contribution is -0.134. The third kappa shape index (κ3) is 4.18. The van der Waals surface area contributed by atoms with Crippen molar-refractivity contribution in [3.8, 4) is 0 Å². The van der Waals surface area contributed by atoms with Crippen LogP contribution in [0.4, 0.5) is 0 Å². The highest BCUT2D eigenvalue weighted by Crippen LogP contribution is 2.23. The van der Waals surface area contributed by atoms with Crippen LogP contribution in [-0.4, -0.2) is 30.7 Å². The Kier molecular flexibility index (Phi) is 5.54. The minimum atomic E-state index is -0.400. The molecule has 6 nitrogen and oxygen atoms in total. The van der Waals surface area contributed by atoms with E-state index in [4.69, 9.17) is 4.52 Å². The van der Waals surface area contributed by atoms with E-state index in [2.05, 4.69) is 15.2 Å². The number of amides is 1. The summed E-state index contributed by atoms with van der Waals surface area (Å²) in [6.45, 7) is 0.438. The summed E-state index contributed by atoms with van der Waals surface area (Å²) in [5.41, 5.74) is 1.36. The molecule has 0 bridgehead atoms. The highest BCUT2D eigenvalue weighted by molar-refractivity contribution is 5.93. The second-order valence-electron chi connectivity index (χ2n) is 4.96. The molecule has 2 rings (SSSR count). The van der Waals surface area contributed by atoms with Crippen LogP contribution in [0.2, 0.25) is 0 Å². The lowest BCUT2D eigenvalue weighted by Crippen LogP contribution is -2.25. The number of aromatic nitrogens is 1. The van der Waals surface area contributed by atoms with Crippen LogP contribution in [0.25, 0.3) is 0 Å². The van der Waals surface area contributed by atoms with E-state index in [1.165, 1.54) is 13.2 Å². The van der Waals surface area contributed by atoms with Crippen LogP contribution in [0.15, 0.2) is 16.7 Å². The molecule has 1 heterocycles. The number of ether oxygens (including phenoxy) is 1. The fraction of sp³-hybridized carbons (Fsp3) is 0.533. The molecular formula is C15H20N2O4. The smallest absolute Gasteiger partial charge is 0.330 e. The molecule has 0 fully saturated rings. The fourth-order valence-electron chi connectivity index (χ4n) is 2.34. The number of fused-ring (bicyclic) bond motifs is 1. The van der Waals surface area contributed by atoms with Gasteiger partial charge in [-0.25, -0.2) is 4.79 Å². The third-order valence-corrected chi connectivity index (χ3v) is 3.47. The first-order valence-electron chi connectivity index (χ1n) is 7.22. The molecular weight excluding hydrogens is 272 g/mol. The Labute approximate surface area is 123 Å². The van der Waals surface area contributed by atoms with Crippen LogP contribution in [0, 0.1) is 0 Å². The number of methoxy groups -OCH3 is 1. The Morgan fingerprint density at radius 2 is 2.14 bits per heavy atom. The predicted molar refractivity (Wildman–Crippen MR) is 75.9 cm³/mol. The minimum Gasteiger partial charge on any atom is -0.466 e. The summed E-state index contributed by atoms with van der Waals surface area (Å²) < 4.78 is 9.75. The molecule has 114 valence electrons. The lowest BCUT2D eigenvalue weighted by Gasteiger charge is -2.02. The molecule has 0 saturated heterocycles. The van der Waals surface area contributed by atoms with Gasteiger partial charge in [-0.15, -0.1) is 0 Å². The first kappa shape index (κ1) is 15.3. The van der Waals surface area contributed by atoms with Crippen LogP contribution in [-0.2, 0) is 22.4 Å². The molecule has 0 saturated carbocycles. The van der Waals surface area contributed by atoms with Crippen molar-refractivity contribution < 1.29 is 18.8 Å². The van der Waals surface area contributed by atoms with E-state index in [9.17, 15) is 9.59 Å². The van der Waals surface area contributed by atoms with Gasteiger partial charge in [0.2, 0.25) is 0 Å². The van der Waals surface area contributed by atoms with Gasteiger partial charge in [-0.2, -0.15) is 0 Å². The van der Waals surface area contributed by atoms with Gasteiger partial charge in [0.15, 0.2) is 5.69 Å². The summed E-state index contributed by atoms with van der Waals surface area (Å²) >= 11 is 0. The van der Waals surface area contributed by atoms with Crippen LogP contribution in [0.3, 0.4) is 0 Å². The molecule has 21 heavy (non-hydrogen) atoms. The van der Waals surface area contributed by atoms with Crippen molar-refractivity contribution in [2.45, 2.75) is 38.5 Å². The Balaban J connectivity index is 1.85. The minimum absolute atomic E-state index is 0.214. The SMILES string of the molecule is COC(=O)/C=C/CCNC(=O)c1noc2c1CCCCC2. The van der Waals surface area contributed by atoms with Crippen molar-refractivity contribution in [3.05, 3.63) is 29.2 Å². The number of aryl methyl sites for hydroxylation is 1. The maximum absolute atomic E-state index is 12.1. The van der Waals surface area contributed by atoms with E-state index in [1.54, 1.807) is 6.08 Å². The molecule has 0 radical (unpaired) electrons. The monoisotopic (exact) mass is 292 g/mol. The van der Waals surface area contributed by atoms with Crippen molar-refractivity contribution in [3.63, 3.8) is 0 Å². The standard InChI is InChI=1S/C15H20N2O4/c1-20-13(18)9-5-6-10-16-15(19)14-11-7-3-2-4-8-12(11)21-17-14/h5,9H,2-4,6-8,10H2,1H3,(H,16,19)/b9-5+. The number of hydrogen-bond donors (Lipinski definition) is 1. The highest BCUT2D eigenvalue weighted by Gasteiger charge is 2.22. The maximum Gasteiger partial charge on any atom is 0.330 e. The molecule has 0 aliphatic heterocycles. The van der Waals surface area contributed by atoms with Gasteiger partial charge in [-0.1, -0.05) is 17.7 Å². The molecule has 1 N–H and O–H groups in total. The topological polar surface area (TPSA) is 81.4 Å². The molecule has 6 heteroatoms. The Hall–Kier alpha value is -2.11. The zero-order chi connectivity index (χ0) is 15.1. The number of nitrogens with zero attached hydrogens (tertiary/aromatic N) is 1. The van der Waals surface area contributed by atoms with Crippen LogP contribution >= 0.6 is 0 Å². The largest absolute Gasteiger partial charge is 0.466 e. The number of rotatable bonds is 5. The summed E-state index contributed by atoms with van der Waals surface area (Å²) in [5, 5.41) is 6.68. The number of hydrogen-bond acceptors (Lipinski definition) is 5. The average molecular weight is 292 g/mol. The molecule has 1 aromatic heterocycles. The maximum atomic E-state index is 12.1. The molecule has 0 aromatic carbocycles. The fourth-order valence-corrected chi connectivity index (χ4v) is 2.34. The van der Waals surface area contributed by atoms with Gasteiger partial charge >= 0.3 is 5.97 Å². The molecule has 1 aromatic rings. The lowest BCUT2D eigenvalue weighted by atomic mass is 10.1. The van der Waals surface area contributed by atoms with Crippen molar-refractivity contribution in [1.29, 1.82) is 0 Å². The highest BCUT2D eigenvalue weighted by atomic mass is 16.5. The van der Waals surface area contributed by atoms with Gasteiger partial charge in [-0.05, 0) is 25.7 Å². The van der Waals surface area contributed by atoms with Crippen molar-refractivity contribution in [2.75, 3.05) is 13.7 Å². The van der Waals surface area contributed by atoms with Crippen molar-refractivity contribution in [2.24, 2.45) is 0 Å². The average Bonchev–Trinajstić information content (AvgIpc) is 2.75.